The van der Waals surface area contributed by atoms with E-state index in [1.54, 1.807) is 16.8 Å². The zero-order chi connectivity index (χ0) is 20.7. The van der Waals surface area contributed by atoms with Crippen LogP contribution in [0.25, 0.3) is 10.9 Å². The molecule has 1 N–H and O–H groups in total. The number of hydrogen-bond acceptors (Lipinski definition) is 3. The van der Waals surface area contributed by atoms with E-state index in [2.05, 4.69) is 10.1 Å². The molecule has 7 nitrogen and oxygen atoms in total. The average Bonchev–Trinajstić information content (AvgIpc) is 3.35. The molecular weight excluding hydrogens is 366 g/mol. The normalized spacial score (nSPS) is 16.8. The van der Waals surface area contributed by atoms with Crippen molar-refractivity contribution in [3.05, 3.63) is 53.0 Å². The van der Waals surface area contributed by atoms with Gasteiger partial charge in [-0.25, -0.2) is 0 Å². The number of fused-ring (bicyclic) bond motifs is 1. The van der Waals surface area contributed by atoms with E-state index in [-0.39, 0.29) is 11.8 Å². The van der Waals surface area contributed by atoms with E-state index in [0.717, 1.165) is 33.4 Å². The summed E-state index contributed by atoms with van der Waals surface area (Å²) in [6.07, 6.45) is 2.91. The van der Waals surface area contributed by atoms with E-state index in [4.69, 9.17) is 0 Å². The largest absolute Gasteiger partial charge is 0.361 e. The maximum absolute atomic E-state index is 13.2. The number of H-pyrrole nitrogens is 1. The molecule has 29 heavy (non-hydrogen) atoms. The summed E-state index contributed by atoms with van der Waals surface area (Å²) in [5.74, 6) is 0.0223. The predicted octanol–water partition coefficient (Wildman–Crippen LogP) is 2.67. The first-order valence-electron chi connectivity index (χ1n) is 9.95. The third-order valence-electron chi connectivity index (χ3n) is 6.06. The zero-order valence-corrected chi connectivity index (χ0v) is 17.4. The van der Waals surface area contributed by atoms with Gasteiger partial charge in [0, 0.05) is 62.0 Å². The molecule has 2 amide bonds. The maximum Gasteiger partial charge on any atom is 0.245 e. The summed E-state index contributed by atoms with van der Waals surface area (Å²) < 4.78 is 1.84. The van der Waals surface area contributed by atoms with E-state index in [9.17, 15) is 9.59 Å². The Hall–Kier alpha value is -3.09. The summed E-state index contributed by atoms with van der Waals surface area (Å²) in [5.41, 5.74) is 5.13. The smallest absolute Gasteiger partial charge is 0.245 e. The number of nitrogens with zero attached hydrogens (tertiary/aromatic N) is 4. The van der Waals surface area contributed by atoms with Crippen molar-refractivity contribution in [2.45, 2.75) is 45.8 Å². The first-order valence-corrected chi connectivity index (χ1v) is 9.95. The molecule has 3 aromatic rings. The van der Waals surface area contributed by atoms with Crippen molar-refractivity contribution in [2.75, 3.05) is 7.05 Å². The summed E-state index contributed by atoms with van der Waals surface area (Å²) >= 11 is 0. The van der Waals surface area contributed by atoms with Gasteiger partial charge in [0.15, 0.2) is 0 Å². The van der Waals surface area contributed by atoms with Gasteiger partial charge in [0.25, 0.3) is 0 Å². The fourth-order valence-corrected chi connectivity index (χ4v) is 4.25. The first-order chi connectivity index (χ1) is 13.9. The molecule has 1 atom stereocenters. The molecule has 1 aromatic carbocycles. The van der Waals surface area contributed by atoms with Gasteiger partial charge < -0.3 is 14.8 Å². The Balaban J connectivity index is 1.53. The van der Waals surface area contributed by atoms with Crippen LogP contribution in [0.5, 0.6) is 0 Å². The van der Waals surface area contributed by atoms with Crippen molar-refractivity contribution >= 4 is 22.7 Å². The van der Waals surface area contributed by atoms with Crippen LogP contribution in [0.15, 0.2) is 30.5 Å². The maximum atomic E-state index is 13.2. The number of nitrogens with one attached hydrogen (secondary N) is 1. The fraction of sp³-hybridized carbons (Fsp3) is 0.409. The highest BCUT2D eigenvalue weighted by molar-refractivity contribution is 5.91. The monoisotopic (exact) mass is 393 g/mol. The van der Waals surface area contributed by atoms with Gasteiger partial charge in [-0.1, -0.05) is 18.2 Å². The van der Waals surface area contributed by atoms with Gasteiger partial charge in [0.2, 0.25) is 11.8 Å². The Kier molecular flexibility index (Phi) is 4.90. The van der Waals surface area contributed by atoms with Crippen LogP contribution in [-0.4, -0.2) is 49.5 Å². The van der Waals surface area contributed by atoms with Crippen LogP contribution in [0.1, 0.15) is 35.4 Å². The molecule has 3 heterocycles. The third-order valence-corrected chi connectivity index (χ3v) is 6.06. The number of hydrogen-bond donors (Lipinski definition) is 1. The molecule has 1 unspecified atom stereocenters. The molecule has 0 spiro atoms. The van der Waals surface area contributed by atoms with Gasteiger partial charge in [-0.05, 0) is 31.9 Å². The lowest BCUT2D eigenvalue weighted by Gasteiger charge is -2.28. The summed E-state index contributed by atoms with van der Waals surface area (Å²) in [6, 6.07) is 7.60. The number of rotatable bonds is 5. The minimum atomic E-state index is -0.418. The van der Waals surface area contributed by atoms with Crippen molar-refractivity contribution < 1.29 is 9.59 Å². The number of aromatic amines is 1. The van der Waals surface area contributed by atoms with Gasteiger partial charge in [0.05, 0.1) is 5.69 Å². The molecular formula is C22H27N5O2. The highest BCUT2D eigenvalue weighted by Gasteiger charge is 2.38. The van der Waals surface area contributed by atoms with Gasteiger partial charge in [-0.3, -0.25) is 14.3 Å². The minimum absolute atomic E-state index is 0.0154. The predicted molar refractivity (Wildman–Crippen MR) is 111 cm³/mol. The molecule has 7 heteroatoms. The molecule has 0 bridgehead atoms. The molecule has 4 rings (SSSR count). The van der Waals surface area contributed by atoms with Crippen LogP contribution in [0.4, 0.5) is 0 Å². The number of amides is 2. The van der Waals surface area contributed by atoms with Crippen LogP contribution < -0.4 is 0 Å². The SMILES string of the molecule is Cc1nn(C)c(C)c1CN(C)C(=O)C1CCC(=O)N1Cc1c[nH]c2ccccc12. The van der Waals surface area contributed by atoms with Crippen molar-refractivity contribution in [2.24, 2.45) is 7.05 Å². The third kappa shape index (κ3) is 3.41. The summed E-state index contributed by atoms with van der Waals surface area (Å²) in [7, 11) is 3.72. The highest BCUT2D eigenvalue weighted by Crippen LogP contribution is 2.27. The summed E-state index contributed by atoms with van der Waals surface area (Å²) in [6.45, 7) is 4.91. The van der Waals surface area contributed by atoms with Crippen LogP contribution in [0.3, 0.4) is 0 Å². The van der Waals surface area contributed by atoms with E-state index >= 15 is 0 Å². The van der Waals surface area contributed by atoms with Crippen LogP contribution in [0.2, 0.25) is 0 Å². The van der Waals surface area contributed by atoms with Crippen LogP contribution in [0, 0.1) is 13.8 Å². The number of likely N-dealkylation sites (tertiary alicyclic amines) is 1. The second-order valence-electron chi connectivity index (χ2n) is 7.90. The summed E-state index contributed by atoms with van der Waals surface area (Å²) in [5, 5.41) is 5.53. The Morgan fingerprint density at radius 3 is 2.79 bits per heavy atom. The molecule has 0 saturated carbocycles. The number of benzene rings is 1. The van der Waals surface area contributed by atoms with E-state index in [1.807, 2.05) is 56.0 Å². The number of para-hydroxylation sites is 1. The zero-order valence-electron chi connectivity index (χ0n) is 17.4. The topological polar surface area (TPSA) is 74.2 Å². The second kappa shape index (κ2) is 7.39. The van der Waals surface area contributed by atoms with Gasteiger partial charge in [0.1, 0.15) is 6.04 Å². The number of carbonyl (C=O) groups is 2. The Morgan fingerprint density at radius 2 is 2.07 bits per heavy atom. The Labute approximate surface area is 170 Å². The number of carbonyl (C=O) groups excluding carboxylic acids is 2. The molecule has 152 valence electrons. The van der Waals surface area contributed by atoms with Crippen LogP contribution in [-0.2, 0) is 29.7 Å². The van der Waals surface area contributed by atoms with Crippen molar-refractivity contribution in [3.63, 3.8) is 0 Å². The molecule has 1 saturated heterocycles. The number of likely N-dealkylation sites (N-methyl/N-ethyl adjacent to an activating group) is 1. The Bertz CT molecular complexity index is 1080. The molecule has 1 fully saturated rings. The van der Waals surface area contributed by atoms with E-state index < -0.39 is 6.04 Å². The van der Waals surface area contributed by atoms with Crippen molar-refractivity contribution in [1.29, 1.82) is 0 Å². The number of aromatic nitrogens is 3. The van der Waals surface area contributed by atoms with E-state index in [1.165, 1.54) is 0 Å². The highest BCUT2D eigenvalue weighted by atomic mass is 16.2. The second-order valence-corrected chi connectivity index (χ2v) is 7.90. The number of aryl methyl sites for hydroxylation is 2. The van der Waals surface area contributed by atoms with Crippen LogP contribution >= 0.6 is 0 Å². The first kappa shape index (κ1) is 19.2. The molecule has 1 aliphatic heterocycles. The average molecular weight is 393 g/mol. The Morgan fingerprint density at radius 1 is 1.31 bits per heavy atom. The molecule has 0 aliphatic carbocycles. The van der Waals surface area contributed by atoms with Gasteiger partial charge in [-0.2, -0.15) is 5.10 Å². The molecule has 1 aliphatic rings. The quantitative estimate of drug-likeness (QED) is 0.724. The van der Waals surface area contributed by atoms with Crippen molar-refractivity contribution in [1.82, 2.24) is 24.6 Å². The summed E-state index contributed by atoms with van der Waals surface area (Å²) in [4.78, 5) is 32.5. The molecule has 0 radical (unpaired) electrons. The van der Waals surface area contributed by atoms with Gasteiger partial charge in [-0.15, -0.1) is 0 Å². The minimum Gasteiger partial charge on any atom is -0.361 e. The lowest BCUT2D eigenvalue weighted by Crippen LogP contribution is -2.44. The van der Waals surface area contributed by atoms with Gasteiger partial charge >= 0.3 is 0 Å². The fourth-order valence-electron chi connectivity index (χ4n) is 4.25. The molecule has 2 aromatic heterocycles. The van der Waals surface area contributed by atoms with Crippen molar-refractivity contribution in [3.8, 4) is 0 Å². The lowest BCUT2D eigenvalue weighted by atomic mass is 10.1. The lowest BCUT2D eigenvalue weighted by molar-refractivity contribution is -0.141. The van der Waals surface area contributed by atoms with E-state index in [0.29, 0.717) is 25.9 Å². The standard InChI is InChI=1S/C22H27N5O2/c1-14-18(15(2)26(4)24-14)13-25(3)22(29)20-9-10-21(28)27(20)12-16-11-23-19-8-6-5-7-17(16)19/h5-8,11,20,23H,9-10,12-13H2,1-4H3.